The fourth-order valence-corrected chi connectivity index (χ4v) is 4.66. The number of fused-ring (bicyclic) bond motifs is 1. The third-order valence-electron chi connectivity index (χ3n) is 6.02. The van der Waals surface area contributed by atoms with E-state index in [0.717, 1.165) is 16.9 Å². The maximum absolute atomic E-state index is 12.7. The molecule has 4 nitrogen and oxygen atoms in total. The van der Waals surface area contributed by atoms with Crippen molar-refractivity contribution < 1.29 is 19.4 Å². The quantitative estimate of drug-likeness (QED) is 0.670. The molecule has 4 rings (SSSR count). The Morgan fingerprint density at radius 2 is 1.48 bits per heavy atom. The van der Waals surface area contributed by atoms with Crippen LogP contribution in [0.5, 0.6) is 11.5 Å². The lowest BCUT2D eigenvalue weighted by Crippen LogP contribution is -2.39. The maximum Gasteiger partial charge on any atom is 0.311 e. The van der Waals surface area contributed by atoms with Gasteiger partial charge in [0, 0.05) is 5.41 Å². The number of rotatable bonds is 6. The molecule has 3 aromatic rings. The van der Waals surface area contributed by atoms with Crippen LogP contribution in [0.1, 0.15) is 28.2 Å². The zero-order valence-electron chi connectivity index (χ0n) is 16.6. The van der Waals surface area contributed by atoms with Crippen molar-refractivity contribution in [3.63, 3.8) is 0 Å². The standard InChI is InChI=1S/C25H24O4/c1-28-21-12-10-20(11-13-21)25(15-18-6-3-4-7-19(18)16-25)23(24(26)27)17-8-5-9-22(14-17)29-2/h3-14,23H,15-16H2,1-2H3,(H,26,27). The second-order valence-electron chi connectivity index (χ2n) is 7.55. The molecule has 0 saturated carbocycles. The van der Waals surface area contributed by atoms with Crippen LogP contribution in [0.2, 0.25) is 0 Å². The number of aliphatic carboxylic acids is 1. The van der Waals surface area contributed by atoms with Crippen molar-refractivity contribution in [3.8, 4) is 11.5 Å². The molecular formula is C25H24O4. The van der Waals surface area contributed by atoms with Gasteiger partial charge in [-0.05, 0) is 59.4 Å². The lowest BCUT2D eigenvalue weighted by atomic mass is 9.65. The molecule has 1 aliphatic carbocycles. The third kappa shape index (κ3) is 3.35. The molecule has 0 saturated heterocycles. The molecule has 1 atom stereocenters. The molecule has 4 heteroatoms. The number of benzene rings is 3. The van der Waals surface area contributed by atoms with Gasteiger partial charge in [0.15, 0.2) is 0 Å². The molecule has 1 N–H and O–H groups in total. The first kappa shape index (κ1) is 19.1. The number of hydrogen-bond acceptors (Lipinski definition) is 3. The summed E-state index contributed by atoms with van der Waals surface area (Å²) in [5.41, 5.74) is 3.58. The average molecular weight is 388 g/mol. The van der Waals surface area contributed by atoms with Crippen molar-refractivity contribution in [2.24, 2.45) is 0 Å². The number of methoxy groups -OCH3 is 2. The first-order valence-corrected chi connectivity index (χ1v) is 9.65. The predicted octanol–water partition coefficient (Wildman–Crippen LogP) is 4.61. The van der Waals surface area contributed by atoms with Gasteiger partial charge in [-0.3, -0.25) is 4.79 Å². The lowest BCUT2D eigenvalue weighted by Gasteiger charge is -2.36. The Labute approximate surface area is 170 Å². The number of carboxylic acid groups (broad SMARTS) is 1. The number of ether oxygens (including phenoxy) is 2. The highest BCUT2D eigenvalue weighted by Crippen LogP contribution is 2.50. The maximum atomic E-state index is 12.7. The van der Waals surface area contributed by atoms with E-state index in [1.165, 1.54) is 11.1 Å². The van der Waals surface area contributed by atoms with E-state index >= 15 is 0 Å². The van der Waals surface area contributed by atoms with Crippen LogP contribution in [0.15, 0.2) is 72.8 Å². The van der Waals surface area contributed by atoms with Gasteiger partial charge in [0.2, 0.25) is 0 Å². The van der Waals surface area contributed by atoms with Gasteiger partial charge in [-0.25, -0.2) is 0 Å². The molecule has 3 aromatic carbocycles. The summed E-state index contributed by atoms with van der Waals surface area (Å²) in [6, 6.07) is 23.5. The van der Waals surface area contributed by atoms with Crippen LogP contribution in [0.3, 0.4) is 0 Å². The van der Waals surface area contributed by atoms with Crippen molar-refractivity contribution in [1.82, 2.24) is 0 Å². The first-order valence-electron chi connectivity index (χ1n) is 9.65. The summed E-state index contributed by atoms with van der Waals surface area (Å²) < 4.78 is 10.7. The second-order valence-corrected chi connectivity index (χ2v) is 7.55. The van der Waals surface area contributed by atoms with Crippen LogP contribution in [-0.4, -0.2) is 25.3 Å². The zero-order chi connectivity index (χ0) is 20.4. The molecule has 29 heavy (non-hydrogen) atoms. The van der Waals surface area contributed by atoms with E-state index in [-0.39, 0.29) is 0 Å². The van der Waals surface area contributed by atoms with Crippen molar-refractivity contribution in [1.29, 1.82) is 0 Å². The highest BCUT2D eigenvalue weighted by atomic mass is 16.5. The summed E-state index contributed by atoms with van der Waals surface area (Å²) in [7, 11) is 3.23. The van der Waals surface area contributed by atoms with Gasteiger partial charge in [0.05, 0.1) is 20.1 Å². The van der Waals surface area contributed by atoms with E-state index in [0.29, 0.717) is 18.6 Å². The highest BCUT2D eigenvalue weighted by Gasteiger charge is 2.49. The Morgan fingerprint density at radius 3 is 2.03 bits per heavy atom. The van der Waals surface area contributed by atoms with Gasteiger partial charge < -0.3 is 14.6 Å². The van der Waals surface area contributed by atoms with Crippen LogP contribution in [0.4, 0.5) is 0 Å². The van der Waals surface area contributed by atoms with Crippen molar-refractivity contribution >= 4 is 5.97 Å². The van der Waals surface area contributed by atoms with E-state index in [2.05, 4.69) is 12.1 Å². The number of hydrogen-bond donors (Lipinski definition) is 1. The predicted molar refractivity (Wildman–Crippen MR) is 112 cm³/mol. The van der Waals surface area contributed by atoms with Crippen molar-refractivity contribution in [3.05, 3.63) is 95.1 Å². The second kappa shape index (κ2) is 7.63. The minimum absolute atomic E-state index is 0.589. The first-order chi connectivity index (χ1) is 14.1. The van der Waals surface area contributed by atoms with Gasteiger partial charge in [-0.15, -0.1) is 0 Å². The summed E-state index contributed by atoms with van der Waals surface area (Å²) in [4.78, 5) is 12.7. The number of carbonyl (C=O) groups is 1. The minimum Gasteiger partial charge on any atom is -0.497 e. The summed E-state index contributed by atoms with van der Waals surface area (Å²) in [5, 5.41) is 10.4. The molecule has 0 radical (unpaired) electrons. The molecule has 148 valence electrons. The van der Waals surface area contributed by atoms with Crippen LogP contribution in [0.25, 0.3) is 0 Å². The zero-order valence-corrected chi connectivity index (χ0v) is 16.6. The Kier molecular flexibility index (Phi) is 5.01. The molecule has 1 aliphatic rings. The van der Waals surface area contributed by atoms with Crippen molar-refractivity contribution in [2.75, 3.05) is 14.2 Å². The fourth-order valence-electron chi connectivity index (χ4n) is 4.66. The van der Waals surface area contributed by atoms with Gasteiger partial charge in [-0.2, -0.15) is 0 Å². The Bertz CT molecular complexity index is 998. The van der Waals surface area contributed by atoms with Gasteiger partial charge in [-0.1, -0.05) is 48.5 Å². The van der Waals surface area contributed by atoms with Crippen LogP contribution in [-0.2, 0) is 23.1 Å². The summed E-state index contributed by atoms with van der Waals surface area (Å²) in [6.07, 6.45) is 1.34. The Hall–Kier alpha value is -3.27. The molecular weight excluding hydrogens is 364 g/mol. The Balaban J connectivity index is 1.90. The largest absolute Gasteiger partial charge is 0.497 e. The molecule has 0 bridgehead atoms. The van der Waals surface area contributed by atoms with E-state index < -0.39 is 17.3 Å². The number of carboxylic acids is 1. The van der Waals surface area contributed by atoms with Gasteiger partial charge in [0.1, 0.15) is 11.5 Å². The van der Waals surface area contributed by atoms with E-state index in [9.17, 15) is 9.90 Å². The summed E-state index contributed by atoms with van der Waals surface area (Å²) in [5.74, 6) is -0.123. The lowest BCUT2D eigenvalue weighted by molar-refractivity contribution is -0.140. The fraction of sp³-hybridized carbons (Fsp3) is 0.240. The molecule has 0 amide bonds. The van der Waals surface area contributed by atoms with Gasteiger partial charge >= 0.3 is 5.97 Å². The molecule has 0 aliphatic heterocycles. The SMILES string of the molecule is COc1ccc(C2(C(C(=O)O)c3cccc(OC)c3)Cc3ccccc3C2)cc1. The van der Waals surface area contributed by atoms with Crippen molar-refractivity contribution in [2.45, 2.75) is 24.2 Å². The Morgan fingerprint density at radius 1 is 0.862 bits per heavy atom. The normalized spacial score (nSPS) is 15.4. The van der Waals surface area contributed by atoms with Crippen LogP contribution >= 0.6 is 0 Å². The topological polar surface area (TPSA) is 55.8 Å². The third-order valence-corrected chi connectivity index (χ3v) is 6.02. The molecule has 0 heterocycles. The van der Waals surface area contributed by atoms with E-state index in [1.807, 2.05) is 60.7 Å². The molecule has 0 spiro atoms. The minimum atomic E-state index is -0.832. The molecule has 0 aromatic heterocycles. The average Bonchev–Trinajstić information content (AvgIpc) is 3.14. The van der Waals surface area contributed by atoms with Gasteiger partial charge in [0.25, 0.3) is 0 Å². The van der Waals surface area contributed by atoms with E-state index in [4.69, 9.17) is 9.47 Å². The monoisotopic (exact) mass is 388 g/mol. The van der Waals surface area contributed by atoms with Crippen LogP contribution < -0.4 is 9.47 Å². The van der Waals surface area contributed by atoms with E-state index in [1.54, 1.807) is 14.2 Å². The molecule has 1 unspecified atom stereocenters. The molecule has 0 fully saturated rings. The summed E-state index contributed by atoms with van der Waals surface area (Å²) >= 11 is 0. The summed E-state index contributed by atoms with van der Waals surface area (Å²) in [6.45, 7) is 0. The smallest absolute Gasteiger partial charge is 0.311 e. The highest BCUT2D eigenvalue weighted by molar-refractivity contribution is 5.80. The van der Waals surface area contributed by atoms with Crippen LogP contribution in [0, 0.1) is 0 Å².